The van der Waals surface area contributed by atoms with Gasteiger partial charge in [0, 0.05) is 63.6 Å². The molecule has 0 bridgehead atoms. The number of nitrogens with two attached hydrogens (primary N) is 1. The molecule has 3 heterocycles. The molecule has 8 aromatic rings. The van der Waals surface area contributed by atoms with Gasteiger partial charge in [-0.05, 0) is 121 Å². The molecule has 6 N–H and O–H groups in total. The molecule has 1 fully saturated rings. The van der Waals surface area contributed by atoms with Gasteiger partial charge in [0.2, 0.25) is 11.8 Å². The lowest BCUT2D eigenvalue weighted by Crippen LogP contribution is -2.27. The number of ether oxygens (including phenoxy) is 1. The number of hydrogen-bond donors (Lipinski definition) is 5. The van der Waals surface area contributed by atoms with Gasteiger partial charge in [0.05, 0.1) is 18.8 Å². The van der Waals surface area contributed by atoms with Gasteiger partial charge in [-0.2, -0.15) is 0 Å². The summed E-state index contributed by atoms with van der Waals surface area (Å²) in [5, 5.41) is 21.3. The SMILES string of the molecule is Nc1ccc(Cl)cc1.OC(CNc1ccc(Cl)cc1)CNc1ccc(-c2nc3ccccc3o2)cc1.c1ccc2oc(-c3ccc(NCC4CO4)cc3)nc2c1. The van der Waals surface area contributed by atoms with Crippen molar-refractivity contribution in [2.45, 2.75) is 12.2 Å². The predicted molar refractivity (Wildman–Crippen MR) is 227 cm³/mol. The van der Waals surface area contributed by atoms with Crippen LogP contribution in [-0.4, -0.2) is 53.5 Å². The Hall–Kier alpha value is -6.04. The Bertz CT molecular complexity index is 2350. The lowest BCUT2D eigenvalue weighted by Gasteiger charge is -2.14. The van der Waals surface area contributed by atoms with E-state index in [1.807, 2.05) is 121 Å². The summed E-state index contributed by atoms with van der Waals surface area (Å²) in [4.78, 5) is 8.99. The second-order valence-electron chi connectivity index (χ2n) is 12.9. The number of fused-ring (bicyclic) bond motifs is 2. The zero-order valence-corrected chi connectivity index (χ0v) is 31.8. The maximum atomic E-state index is 10.2. The number of anilines is 4. The van der Waals surface area contributed by atoms with Gasteiger partial charge in [-0.1, -0.05) is 47.5 Å². The molecule has 56 heavy (non-hydrogen) atoms. The number of nitrogens with zero attached hydrogens (tertiary/aromatic N) is 2. The summed E-state index contributed by atoms with van der Waals surface area (Å²) in [6, 6.07) is 45.8. The van der Waals surface area contributed by atoms with Crippen molar-refractivity contribution in [3.05, 3.63) is 156 Å². The molecule has 10 nitrogen and oxygen atoms in total. The van der Waals surface area contributed by atoms with Crippen LogP contribution in [0.15, 0.2) is 154 Å². The Morgan fingerprint density at radius 3 is 1.43 bits per heavy atom. The minimum atomic E-state index is -0.535. The van der Waals surface area contributed by atoms with Crippen LogP contribution in [0.2, 0.25) is 10.0 Å². The second-order valence-corrected chi connectivity index (χ2v) is 13.8. The normalized spacial score (nSPS) is 13.5. The number of aliphatic hydroxyl groups excluding tert-OH is 1. The number of nitrogen functional groups attached to an aromatic ring is 1. The van der Waals surface area contributed by atoms with Gasteiger partial charge in [0.25, 0.3) is 0 Å². The molecule has 9 rings (SSSR count). The Kier molecular flexibility index (Phi) is 12.7. The van der Waals surface area contributed by atoms with E-state index in [2.05, 4.69) is 25.9 Å². The van der Waals surface area contributed by atoms with E-state index in [9.17, 15) is 5.11 Å². The summed E-state index contributed by atoms with van der Waals surface area (Å²) in [7, 11) is 0. The number of nitrogens with one attached hydrogen (secondary N) is 3. The summed E-state index contributed by atoms with van der Waals surface area (Å²) in [6.45, 7) is 2.61. The summed E-state index contributed by atoms with van der Waals surface area (Å²) in [5.41, 5.74) is 14.2. The summed E-state index contributed by atoms with van der Waals surface area (Å²) >= 11 is 11.4. The number of rotatable bonds is 11. The molecule has 2 unspecified atom stereocenters. The fourth-order valence-electron chi connectivity index (χ4n) is 5.44. The number of oxazole rings is 2. The van der Waals surface area contributed by atoms with Crippen LogP contribution in [0.5, 0.6) is 0 Å². The number of epoxide rings is 1. The summed E-state index contributed by atoms with van der Waals surface area (Å²) in [6.07, 6.45) is -0.154. The molecule has 1 saturated heterocycles. The lowest BCUT2D eigenvalue weighted by atomic mass is 10.2. The molecule has 0 saturated carbocycles. The Morgan fingerprint density at radius 1 is 0.589 bits per heavy atom. The van der Waals surface area contributed by atoms with E-state index in [-0.39, 0.29) is 0 Å². The first-order valence-corrected chi connectivity index (χ1v) is 18.8. The first-order valence-electron chi connectivity index (χ1n) is 18.0. The molecular formula is C44H40Cl2N6O4. The number of halogens is 2. The highest BCUT2D eigenvalue weighted by atomic mass is 35.5. The molecule has 0 radical (unpaired) electrons. The van der Waals surface area contributed by atoms with Crippen molar-refractivity contribution >= 4 is 68.2 Å². The van der Waals surface area contributed by atoms with Crippen LogP contribution in [0, 0.1) is 0 Å². The maximum absolute atomic E-state index is 10.2. The summed E-state index contributed by atoms with van der Waals surface area (Å²) in [5.74, 6) is 1.25. The molecular weight excluding hydrogens is 747 g/mol. The first-order chi connectivity index (χ1) is 27.3. The van der Waals surface area contributed by atoms with E-state index >= 15 is 0 Å². The topological polar surface area (TPSA) is 147 Å². The molecule has 6 aromatic carbocycles. The van der Waals surface area contributed by atoms with Crippen molar-refractivity contribution in [3.8, 4) is 22.9 Å². The molecule has 2 aromatic heterocycles. The third-order valence-electron chi connectivity index (χ3n) is 8.59. The van der Waals surface area contributed by atoms with Crippen LogP contribution in [0.1, 0.15) is 0 Å². The number of aliphatic hydroxyl groups is 1. The van der Waals surface area contributed by atoms with Crippen LogP contribution < -0.4 is 21.7 Å². The van der Waals surface area contributed by atoms with E-state index in [4.69, 9.17) is 42.5 Å². The molecule has 0 spiro atoms. The minimum Gasteiger partial charge on any atom is -0.436 e. The van der Waals surface area contributed by atoms with Crippen molar-refractivity contribution in [1.29, 1.82) is 0 Å². The largest absolute Gasteiger partial charge is 0.436 e. The summed E-state index contributed by atoms with van der Waals surface area (Å²) < 4.78 is 16.7. The molecule has 0 aliphatic carbocycles. The van der Waals surface area contributed by atoms with Crippen LogP contribution in [0.3, 0.4) is 0 Å². The molecule has 12 heteroatoms. The highest BCUT2D eigenvalue weighted by Crippen LogP contribution is 2.27. The van der Waals surface area contributed by atoms with Gasteiger partial charge < -0.3 is 40.4 Å². The average molecular weight is 788 g/mol. The van der Waals surface area contributed by atoms with E-state index in [0.717, 1.165) is 74.3 Å². The standard InChI is InChI=1S/C22H20ClN3O2.C16H14N2O2.C6H6ClN/c23-16-7-11-18(12-8-16)25-14-19(27)13-24-17-9-5-15(6-10-17)22-26-20-3-1-2-4-21(20)28-22;1-2-4-15-14(3-1)18-16(20-15)11-5-7-12(8-6-11)17-9-13-10-19-13;7-5-1-3-6(8)4-2-5/h1-12,19,24-25,27H,13-14H2;1-8,13,17H,9-10H2;1-4H,8H2. The average Bonchev–Trinajstić information content (AvgIpc) is 3.80. The van der Waals surface area contributed by atoms with Gasteiger partial charge in [0.15, 0.2) is 11.2 Å². The predicted octanol–water partition coefficient (Wildman–Crippen LogP) is 10.3. The van der Waals surface area contributed by atoms with Gasteiger partial charge in [0.1, 0.15) is 11.0 Å². The van der Waals surface area contributed by atoms with Gasteiger partial charge in [-0.25, -0.2) is 9.97 Å². The zero-order chi connectivity index (χ0) is 38.7. The smallest absolute Gasteiger partial charge is 0.227 e. The van der Waals surface area contributed by atoms with Crippen molar-refractivity contribution in [2.24, 2.45) is 0 Å². The fourth-order valence-corrected chi connectivity index (χ4v) is 5.70. The third-order valence-corrected chi connectivity index (χ3v) is 9.09. The number of benzene rings is 6. The number of aromatic nitrogens is 2. The second kappa shape index (κ2) is 18.5. The van der Waals surface area contributed by atoms with E-state index in [1.165, 1.54) is 0 Å². The van der Waals surface area contributed by atoms with Crippen molar-refractivity contribution in [1.82, 2.24) is 9.97 Å². The molecule has 0 amide bonds. The van der Waals surface area contributed by atoms with Gasteiger partial charge >= 0.3 is 0 Å². The zero-order valence-electron chi connectivity index (χ0n) is 30.2. The van der Waals surface area contributed by atoms with Gasteiger partial charge in [-0.15, -0.1) is 0 Å². The van der Waals surface area contributed by atoms with Crippen LogP contribution in [0.25, 0.3) is 45.1 Å². The van der Waals surface area contributed by atoms with Crippen LogP contribution in [0.4, 0.5) is 22.7 Å². The maximum Gasteiger partial charge on any atom is 0.227 e. The highest BCUT2D eigenvalue weighted by molar-refractivity contribution is 6.30. The molecule has 1 aliphatic rings. The quantitative estimate of drug-likeness (QED) is 0.0634. The molecule has 1 aliphatic heterocycles. The lowest BCUT2D eigenvalue weighted by molar-refractivity contribution is 0.201. The molecule has 284 valence electrons. The van der Waals surface area contributed by atoms with E-state index < -0.39 is 6.10 Å². The Morgan fingerprint density at radius 2 is 1.00 bits per heavy atom. The highest BCUT2D eigenvalue weighted by Gasteiger charge is 2.21. The first kappa shape index (κ1) is 38.2. The molecule has 2 atom stereocenters. The number of hydrogen-bond acceptors (Lipinski definition) is 10. The Balaban J connectivity index is 0.000000148. The van der Waals surface area contributed by atoms with Crippen molar-refractivity contribution in [3.63, 3.8) is 0 Å². The van der Waals surface area contributed by atoms with Crippen LogP contribution in [-0.2, 0) is 4.74 Å². The third kappa shape index (κ3) is 11.0. The van der Waals surface area contributed by atoms with Crippen LogP contribution >= 0.6 is 23.2 Å². The number of para-hydroxylation sites is 4. The van der Waals surface area contributed by atoms with E-state index in [1.54, 1.807) is 24.3 Å². The van der Waals surface area contributed by atoms with E-state index in [0.29, 0.717) is 36.0 Å². The minimum absolute atomic E-state index is 0.381. The van der Waals surface area contributed by atoms with Crippen molar-refractivity contribution in [2.75, 3.05) is 47.9 Å². The Labute approximate surface area is 334 Å². The van der Waals surface area contributed by atoms with Gasteiger partial charge in [-0.3, -0.25) is 0 Å². The fraction of sp³-hybridized carbons (Fsp3) is 0.136. The van der Waals surface area contributed by atoms with Crippen molar-refractivity contribution < 1.29 is 18.7 Å². The monoisotopic (exact) mass is 786 g/mol.